The van der Waals surface area contributed by atoms with Gasteiger partial charge in [0.15, 0.2) is 0 Å². The molecule has 112 valence electrons. The lowest BCUT2D eigenvalue weighted by molar-refractivity contribution is 0.451. The van der Waals surface area contributed by atoms with Crippen LogP contribution in [0.2, 0.25) is 0 Å². The lowest BCUT2D eigenvalue weighted by Gasteiger charge is -2.10. The molecule has 0 saturated carbocycles. The van der Waals surface area contributed by atoms with Gasteiger partial charge in [0.1, 0.15) is 11.4 Å². The average molecular weight is 287 g/mol. The number of rotatable bonds is 6. The molecule has 2 N–H and O–H groups in total. The third-order valence-corrected chi connectivity index (χ3v) is 3.23. The lowest BCUT2D eigenvalue weighted by Crippen LogP contribution is -2.24. The number of aromatic hydroxyl groups is 1. The van der Waals surface area contributed by atoms with Gasteiger partial charge in [0.05, 0.1) is 5.69 Å². The molecule has 0 aliphatic heterocycles. The summed E-state index contributed by atoms with van der Waals surface area (Å²) in [7, 11) is 0. The molecule has 5 nitrogen and oxygen atoms in total. The monoisotopic (exact) mass is 287 g/mol. The molecule has 1 aromatic carbocycles. The zero-order chi connectivity index (χ0) is 15.2. The second-order valence-electron chi connectivity index (χ2n) is 5.10. The number of aromatic nitrogens is 2. The van der Waals surface area contributed by atoms with Crippen molar-refractivity contribution in [2.45, 2.75) is 33.2 Å². The summed E-state index contributed by atoms with van der Waals surface area (Å²) in [6.45, 7) is 5.39. The lowest BCUT2D eigenvalue weighted by atomic mass is 10.2. The molecule has 0 unspecified atom stereocenters. The van der Waals surface area contributed by atoms with E-state index in [0.717, 1.165) is 24.9 Å². The van der Waals surface area contributed by atoms with Crippen LogP contribution in [0, 0.1) is 6.92 Å². The third-order valence-electron chi connectivity index (χ3n) is 3.23. The highest BCUT2D eigenvalue weighted by Gasteiger charge is 2.09. The number of aryl methyl sites for hydroxylation is 1. The Labute approximate surface area is 124 Å². The standard InChI is InChI=1S/C16H21N3O2/c1-3-4-8-17-11-14-15(20)10-16(21)19(18-14)13-7-5-6-12(2)9-13/h5-7,9-10,17,20H,3-4,8,11H2,1-2H3. The van der Waals surface area contributed by atoms with E-state index in [9.17, 15) is 9.90 Å². The van der Waals surface area contributed by atoms with Crippen LogP contribution in [0.15, 0.2) is 35.1 Å². The van der Waals surface area contributed by atoms with E-state index in [1.165, 1.54) is 10.7 Å². The van der Waals surface area contributed by atoms with Crippen molar-refractivity contribution >= 4 is 0 Å². The smallest absolute Gasteiger partial charge is 0.275 e. The molecule has 5 heteroatoms. The molecule has 21 heavy (non-hydrogen) atoms. The van der Waals surface area contributed by atoms with Crippen molar-refractivity contribution in [3.63, 3.8) is 0 Å². The zero-order valence-corrected chi connectivity index (χ0v) is 12.5. The summed E-state index contributed by atoms with van der Waals surface area (Å²) in [5, 5.41) is 17.3. The fraction of sp³-hybridized carbons (Fsp3) is 0.375. The maximum Gasteiger partial charge on any atom is 0.275 e. The van der Waals surface area contributed by atoms with E-state index in [1.807, 2.05) is 31.2 Å². The van der Waals surface area contributed by atoms with E-state index in [4.69, 9.17) is 0 Å². The quantitative estimate of drug-likeness (QED) is 0.799. The van der Waals surface area contributed by atoms with Gasteiger partial charge in [0, 0.05) is 12.6 Å². The molecule has 0 radical (unpaired) electrons. The number of unbranched alkanes of at least 4 members (excludes halogenated alkanes) is 1. The number of benzene rings is 1. The van der Waals surface area contributed by atoms with Gasteiger partial charge in [-0.15, -0.1) is 0 Å². The molecule has 0 aliphatic carbocycles. The zero-order valence-electron chi connectivity index (χ0n) is 12.5. The van der Waals surface area contributed by atoms with E-state index in [-0.39, 0.29) is 11.3 Å². The van der Waals surface area contributed by atoms with Crippen molar-refractivity contribution < 1.29 is 5.11 Å². The van der Waals surface area contributed by atoms with E-state index in [0.29, 0.717) is 17.9 Å². The highest BCUT2D eigenvalue weighted by molar-refractivity contribution is 5.36. The van der Waals surface area contributed by atoms with Crippen LogP contribution in [0.5, 0.6) is 5.75 Å². The molecule has 0 atom stereocenters. The first kappa shape index (κ1) is 15.3. The molecule has 1 heterocycles. The van der Waals surface area contributed by atoms with Gasteiger partial charge in [-0.25, -0.2) is 0 Å². The van der Waals surface area contributed by atoms with Crippen LogP contribution in [0.25, 0.3) is 5.69 Å². The van der Waals surface area contributed by atoms with Gasteiger partial charge in [0.25, 0.3) is 5.56 Å². The topological polar surface area (TPSA) is 67.2 Å². The first-order valence-corrected chi connectivity index (χ1v) is 7.22. The number of hydrogen-bond acceptors (Lipinski definition) is 4. The Kier molecular flexibility index (Phi) is 5.11. The van der Waals surface area contributed by atoms with Crippen LogP contribution in [0.1, 0.15) is 31.0 Å². The Morgan fingerprint density at radius 1 is 1.33 bits per heavy atom. The van der Waals surface area contributed by atoms with Crippen molar-refractivity contribution in [3.05, 3.63) is 51.9 Å². The minimum atomic E-state index is -0.338. The van der Waals surface area contributed by atoms with Gasteiger partial charge in [-0.2, -0.15) is 9.78 Å². The summed E-state index contributed by atoms with van der Waals surface area (Å²) in [6, 6.07) is 8.77. The van der Waals surface area contributed by atoms with Crippen molar-refractivity contribution in [3.8, 4) is 11.4 Å². The number of nitrogens with one attached hydrogen (secondary N) is 1. The molecule has 0 saturated heterocycles. The predicted molar refractivity (Wildman–Crippen MR) is 82.9 cm³/mol. The summed E-state index contributed by atoms with van der Waals surface area (Å²) in [4.78, 5) is 12.0. The van der Waals surface area contributed by atoms with Crippen LogP contribution in [0.3, 0.4) is 0 Å². The van der Waals surface area contributed by atoms with E-state index in [2.05, 4.69) is 17.3 Å². The Morgan fingerprint density at radius 3 is 2.86 bits per heavy atom. The highest BCUT2D eigenvalue weighted by Crippen LogP contribution is 2.13. The Bertz CT molecular complexity index is 665. The van der Waals surface area contributed by atoms with Crippen molar-refractivity contribution in [2.75, 3.05) is 6.54 Å². The summed E-state index contributed by atoms with van der Waals surface area (Å²) in [5.41, 5.74) is 1.90. The second kappa shape index (κ2) is 7.04. The highest BCUT2D eigenvalue weighted by atomic mass is 16.3. The van der Waals surface area contributed by atoms with Crippen LogP contribution >= 0.6 is 0 Å². The largest absolute Gasteiger partial charge is 0.506 e. The van der Waals surface area contributed by atoms with Gasteiger partial charge < -0.3 is 10.4 Å². The van der Waals surface area contributed by atoms with Gasteiger partial charge in [-0.1, -0.05) is 25.5 Å². The Morgan fingerprint density at radius 2 is 2.14 bits per heavy atom. The minimum absolute atomic E-state index is 0.0621. The van der Waals surface area contributed by atoms with E-state index < -0.39 is 0 Å². The normalized spacial score (nSPS) is 10.8. The Hall–Kier alpha value is -2.14. The van der Waals surface area contributed by atoms with Gasteiger partial charge >= 0.3 is 0 Å². The van der Waals surface area contributed by atoms with Crippen molar-refractivity contribution in [1.82, 2.24) is 15.1 Å². The number of hydrogen-bond donors (Lipinski definition) is 2. The van der Waals surface area contributed by atoms with Gasteiger partial charge in [-0.3, -0.25) is 4.79 Å². The molecule has 1 aromatic heterocycles. The van der Waals surface area contributed by atoms with Crippen LogP contribution in [-0.2, 0) is 6.54 Å². The maximum absolute atomic E-state index is 12.0. The number of nitrogens with zero attached hydrogens (tertiary/aromatic N) is 2. The SMILES string of the molecule is CCCCNCc1nn(-c2cccc(C)c2)c(=O)cc1O. The van der Waals surface area contributed by atoms with Crippen LogP contribution < -0.4 is 10.9 Å². The fourth-order valence-electron chi connectivity index (χ4n) is 2.06. The molecule has 0 aliphatic rings. The van der Waals surface area contributed by atoms with Gasteiger partial charge in [0.2, 0.25) is 0 Å². The summed E-state index contributed by atoms with van der Waals surface area (Å²) in [6.07, 6.45) is 2.17. The van der Waals surface area contributed by atoms with Crippen molar-refractivity contribution in [2.24, 2.45) is 0 Å². The predicted octanol–water partition coefficient (Wildman–Crippen LogP) is 2.14. The van der Waals surface area contributed by atoms with E-state index >= 15 is 0 Å². The third kappa shape index (κ3) is 3.92. The maximum atomic E-state index is 12.0. The molecule has 0 bridgehead atoms. The molecular formula is C16H21N3O2. The fourth-order valence-corrected chi connectivity index (χ4v) is 2.06. The van der Waals surface area contributed by atoms with Gasteiger partial charge in [-0.05, 0) is 37.6 Å². The van der Waals surface area contributed by atoms with Crippen LogP contribution in [-0.4, -0.2) is 21.4 Å². The molecule has 0 spiro atoms. The second-order valence-corrected chi connectivity index (χ2v) is 5.10. The molecular weight excluding hydrogens is 266 g/mol. The van der Waals surface area contributed by atoms with Crippen LogP contribution in [0.4, 0.5) is 0 Å². The Balaban J connectivity index is 2.28. The van der Waals surface area contributed by atoms with Crippen molar-refractivity contribution in [1.29, 1.82) is 0 Å². The molecule has 2 aromatic rings. The minimum Gasteiger partial charge on any atom is -0.506 e. The summed E-state index contributed by atoms with van der Waals surface area (Å²) >= 11 is 0. The molecule has 0 amide bonds. The summed E-state index contributed by atoms with van der Waals surface area (Å²) in [5.74, 6) is -0.0621. The first-order chi connectivity index (χ1) is 10.1. The van der Waals surface area contributed by atoms with E-state index in [1.54, 1.807) is 0 Å². The average Bonchev–Trinajstić information content (AvgIpc) is 2.45. The summed E-state index contributed by atoms with van der Waals surface area (Å²) < 4.78 is 1.32. The molecule has 2 rings (SSSR count). The molecule has 0 fully saturated rings. The first-order valence-electron chi connectivity index (χ1n) is 7.22.